The number of hydrogen-bond donors (Lipinski definition) is 0. The van der Waals surface area contributed by atoms with Crippen molar-refractivity contribution >= 4 is 14.3 Å². The fourth-order valence-electron chi connectivity index (χ4n) is 1.63. The summed E-state index contributed by atoms with van der Waals surface area (Å²) in [4.78, 5) is 11.5. The lowest BCUT2D eigenvalue weighted by atomic mass is 10.4. The van der Waals surface area contributed by atoms with Crippen molar-refractivity contribution in [2.75, 3.05) is 0 Å². The first-order chi connectivity index (χ1) is 7.20. The van der Waals surface area contributed by atoms with Crippen molar-refractivity contribution in [1.82, 2.24) is 0 Å². The molecule has 94 valence electrons. The van der Waals surface area contributed by atoms with Crippen molar-refractivity contribution in [2.45, 2.75) is 59.0 Å². The Morgan fingerprint density at radius 1 is 1.38 bits per heavy atom. The Balaban J connectivity index is 4.59. The highest BCUT2D eigenvalue weighted by Gasteiger charge is 2.36. The summed E-state index contributed by atoms with van der Waals surface area (Å²) in [5, 5.41) is 0. The first-order valence-electron chi connectivity index (χ1n) is 5.75. The maximum Gasteiger partial charge on any atom is 0.333 e. The van der Waals surface area contributed by atoms with Gasteiger partial charge in [0.2, 0.25) is 8.32 Å². The zero-order valence-electron chi connectivity index (χ0n) is 11.3. The molecule has 0 radical (unpaired) electrons. The molecule has 1 unspecified atom stereocenters. The second kappa shape index (κ2) is 6.20. The third-order valence-electron chi connectivity index (χ3n) is 2.28. The normalized spacial score (nSPS) is 13.7. The summed E-state index contributed by atoms with van der Waals surface area (Å²) >= 11 is 0. The zero-order valence-corrected chi connectivity index (χ0v) is 12.3. The van der Waals surface area contributed by atoms with Crippen molar-refractivity contribution < 1.29 is 14.0 Å². The van der Waals surface area contributed by atoms with Gasteiger partial charge < -0.3 is 9.16 Å². The summed E-state index contributed by atoms with van der Waals surface area (Å²) in [6.45, 7) is 15.4. The maximum absolute atomic E-state index is 11.5. The number of ether oxygens (including phenoxy) is 1. The Morgan fingerprint density at radius 3 is 2.19 bits per heavy atom. The molecule has 0 aromatic heterocycles. The van der Waals surface area contributed by atoms with Gasteiger partial charge in [0.15, 0.2) is 0 Å². The van der Waals surface area contributed by atoms with Crippen LogP contribution in [0.1, 0.15) is 34.1 Å². The molecule has 0 N–H and O–H groups in total. The van der Waals surface area contributed by atoms with Gasteiger partial charge in [-0.1, -0.05) is 13.5 Å². The van der Waals surface area contributed by atoms with Gasteiger partial charge in [-0.05, 0) is 40.3 Å². The second-order valence-corrected chi connectivity index (χ2v) is 8.94. The predicted octanol–water partition coefficient (Wildman–Crippen LogP) is 3.05. The fraction of sp³-hybridized carbons (Fsp3) is 0.750. The van der Waals surface area contributed by atoms with Crippen LogP contribution in [0.3, 0.4) is 0 Å². The molecule has 16 heavy (non-hydrogen) atoms. The molecule has 1 atom stereocenters. The minimum absolute atomic E-state index is 0.112. The van der Waals surface area contributed by atoms with Gasteiger partial charge in [-0.25, -0.2) is 4.79 Å². The Kier molecular flexibility index (Phi) is 5.97. The van der Waals surface area contributed by atoms with E-state index in [1.807, 2.05) is 20.8 Å². The van der Waals surface area contributed by atoms with Crippen LogP contribution in [0.5, 0.6) is 0 Å². The van der Waals surface area contributed by atoms with Crippen LogP contribution in [-0.4, -0.2) is 26.1 Å². The third-order valence-corrected chi connectivity index (χ3v) is 5.44. The average Bonchev–Trinajstić information content (AvgIpc) is 2.10. The lowest BCUT2D eigenvalue weighted by molar-refractivity contribution is -0.141. The molecule has 0 bridgehead atoms. The lowest BCUT2D eigenvalue weighted by Crippen LogP contribution is -2.48. The van der Waals surface area contributed by atoms with Gasteiger partial charge in [-0.3, -0.25) is 0 Å². The van der Waals surface area contributed by atoms with E-state index in [0.717, 1.165) is 6.42 Å². The van der Waals surface area contributed by atoms with Crippen molar-refractivity contribution in [3.05, 3.63) is 12.2 Å². The van der Waals surface area contributed by atoms with Gasteiger partial charge in [0.25, 0.3) is 0 Å². The van der Waals surface area contributed by atoms with E-state index in [1.165, 1.54) is 0 Å². The molecule has 0 amide bonds. The molecule has 0 spiro atoms. The summed E-state index contributed by atoms with van der Waals surface area (Å²) < 4.78 is 11.3. The Morgan fingerprint density at radius 2 is 1.88 bits per heavy atom. The second-order valence-electron chi connectivity index (χ2n) is 4.85. The fourth-order valence-corrected chi connectivity index (χ4v) is 4.37. The summed E-state index contributed by atoms with van der Waals surface area (Å²) in [6.07, 6.45) is 0.949. The van der Waals surface area contributed by atoms with E-state index in [-0.39, 0.29) is 17.8 Å². The molecule has 0 saturated heterocycles. The minimum atomic E-state index is -1.99. The maximum atomic E-state index is 11.5. The average molecular weight is 244 g/mol. The van der Waals surface area contributed by atoms with Crippen LogP contribution in [0.25, 0.3) is 0 Å². The highest BCUT2D eigenvalue weighted by molar-refractivity contribution is 6.72. The SMILES string of the molecule is C=C(C)C(=O)OC(CC)[Si](C)(C)OC(C)C. The van der Waals surface area contributed by atoms with Crippen LogP contribution in [0, 0.1) is 0 Å². The lowest BCUT2D eigenvalue weighted by Gasteiger charge is -2.32. The molecule has 0 saturated carbocycles. The van der Waals surface area contributed by atoms with Gasteiger partial charge in [0.1, 0.15) is 5.73 Å². The number of carbonyl (C=O) groups is 1. The summed E-state index contributed by atoms with van der Waals surface area (Å²) in [5.41, 5.74) is 0.326. The van der Waals surface area contributed by atoms with Crippen LogP contribution in [-0.2, 0) is 14.0 Å². The monoisotopic (exact) mass is 244 g/mol. The molecular formula is C12H24O3Si. The first-order valence-corrected chi connectivity index (χ1v) is 8.73. The van der Waals surface area contributed by atoms with Crippen LogP contribution < -0.4 is 0 Å². The van der Waals surface area contributed by atoms with Crippen LogP contribution >= 0.6 is 0 Å². The molecule has 3 nitrogen and oxygen atoms in total. The highest BCUT2D eigenvalue weighted by Crippen LogP contribution is 2.19. The molecule has 0 aliphatic carbocycles. The molecule has 0 fully saturated rings. The van der Waals surface area contributed by atoms with Crippen molar-refractivity contribution in [3.8, 4) is 0 Å². The van der Waals surface area contributed by atoms with Gasteiger partial charge in [0, 0.05) is 11.7 Å². The number of carbonyl (C=O) groups excluding carboxylic acids is 1. The summed E-state index contributed by atoms with van der Waals surface area (Å²) in [6, 6.07) is 0. The largest absolute Gasteiger partial charge is 0.460 e. The van der Waals surface area contributed by atoms with Gasteiger partial charge >= 0.3 is 5.97 Å². The molecule has 0 aromatic carbocycles. The van der Waals surface area contributed by atoms with Crippen LogP contribution in [0.2, 0.25) is 13.1 Å². The highest BCUT2D eigenvalue weighted by atomic mass is 28.4. The number of rotatable bonds is 6. The first kappa shape index (κ1) is 15.4. The number of hydrogen-bond acceptors (Lipinski definition) is 3. The molecule has 0 aliphatic heterocycles. The molecule has 0 heterocycles. The quantitative estimate of drug-likeness (QED) is 0.409. The topological polar surface area (TPSA) is 35.5 Å². The number of esters is 1. The third kappa shape index (κ3) is 4.94. The van der Waals surface area contributed by atoms with E-state index >= 15 is 0 Å². The zero-order chi connectivity index (χ0) is 12.9. The molecule has 0 aromatic rings. The van der Waals surface area contributed by atoms with E-state index in [4.69, 9.17) is 9.16 Å². The van der Waals surface area contributed by atoms with Crippen molar-refractivity contribution in [2.24, 2.45) is 0 Å². The van der Waals surface area contributed by atoms with E-state index in [2.05, 4.69) is 19.7 Å². The van der Waals surface area contributed by atoms with E-state index in [9.17, 15) is 4.79 Å². The molecule has 4 heteroatoms. The standard InChI is InChI=1S/C12H24O3Si/c1-8-11(14-12(13)9(2)3)16(6,7)15-10(4)5/h10-11H,2,8H2,1,3-7H3. The Hall–Kier alpha value is -0.613. The van der Waals surface area contributed by atoms with Gasteiger partial charge in [-0.15, -0.1) is 0 Å². The van der Waals surface area contributed by atoms with E-state index in [1.54, 1.807) is 6.92 Å². The molecule has 0 rings (SSSR count). The summed E-state index contributed by atoms with van der Waals surface area (Å²) in [7, 11) is -1.99. The van der Waals surface area contributed by atoms with Gasteiger partial charge in [0.05, 0.1) is 0 Å². The van der Waals surface area contributed by atoms with E-state index < -0.39 is 8.32 Å². The van der Waals surface area contributed by atoms with Crippen LogP contribution in [0.15, 0.2) is 12.2 Å². The van der Waals surface area contributed by atoms with E-state index in [0.29, 0.717) is 5.57 Å². The minimum Gasteiger partial charge on any atom is -0.460 e. The molecule has 0 aliphatic rings. The van der Waals surface area contributed by atoms with Crippen LogP contribution in [0.4, 0.5) is 0 Å². The van der Waals surface area contributed by atoms with Crippen molar-refractivity contribution in [1.29, 1.82) is 0 Å². The Labute approximate surface area is 100.0 Å². The van der Waals surface area contributed by atoms with Crippen molar-refractivity contribution in [3.63, 3.8) is 0 Å². The molecular weight excluding hydrogens is 220 g/mol. The predicted molar refractivity (Wildman–Crippen MR) is 68.7 cm³/mol. The van der Waals surface area contributed by atoms with Gasteiger partial charge in [-0.2, -0.15) is 0 Å². The summed E-state index contributed by atoms with van der Waals surface area (Å²) in [5.74, 6) is -0.320. The smallest absolute Gasteiger partial charge is 0.333 e. The Bertz CT molecular complexity index is 259.